The number of aromatic nitrogens is 2. The summed E-state index contributed by atoms with van der Waals surface area (Å²) in [5, 5.41) is 0. The molecule has 12 heavy (non-hydrogen) atoms. The lowest BCUT2D eigenvalue weighted by molar-refractivity contribution is 1.08. The van der Waals surface area contributed by atoms with Gasteiger partial charge in [0.2, 0.25) is 5.95 Å². The number of hydrogen-bond acceptors (Lipinski definition) is 4. The van der Waals surface area contributed by atoms with Crippen LogP contribution >= 0.6 is 0 Å². The highest BCUT2D eigenvalue weighted by molar-refractivity contribution is 5.42. The van der Waals surface area contributed by atoms with Crippen LogP contribution < -0.4 is 17.0 Å². The van der Waals surface area contributed by atoms with Crippen molar-refractivity contribution >= 4 is 11.8 Å². The molecule has 0 fully saturated rings. The van der Waals surface area contributed by atoms with Crippen LogP contribution in [0.25, 0.3) is 0 Å². The van der Waals surface area contributed by atoms with Gasteiger partial charge in [-0.3, -0.25) is 9.78 Å². The quantitative estimate of drug-likeness (QED) is 0.469. The number of terminal acetylenes is 1. The minimum atomic E-state index is -0.377. The Morgan fingerprint density at radius 2 is 2.25 bits per heavy atom. The first-order valence-corrected chi connectivity index (χ1v) is 3.22. The number of aromatic amines is 1. The molecule has 0 saturated heterocycles. The molecule has 0 atom stereocenters. The molecular weight excluding hydrogens is 156 g/mol. The normalized spacial score (nSPS) is 9.25. The summed E-state index contributed by atoms with van der Waals surface area (Å²) in [7, 11) is 0. The van der Waals surface area contributed by atoms with E-state index in [4.69, 9.17) is 17.9 Å². The molecule has 0 radical (unpaired) electrons. The average molecular weight is 164 g/mol. The predicted molar refractivity (Wildman–Crippen MR) is 46.2 cm³/mol. The van der Waals surface area contributed by atoms with Crippen molar-refractivity contribution in [2.24, 2.45) is 0 Å². The molecule has 1 rings (SSSR count). The Hall–Kier alpha value is -1.96. The molecular formula is C7H8N4O. The molecule has 0 aliphatic rings. The van der Waals surface area contributed by atoms with Gasteiger partial charge in [0.1, 0.15) is 5.82 Å². The lowest BCUT2D eigenvalue weighted by atomic mass is 10.2. The number of nitrogens with one attached hydrogen (secondary N) is 1. The average Bonchev–Trinajstić information content (AvgIpc) is 1.96. The number of nitrogen functional groups attached to an aromatic ring is 2. The van der Waals surface area contributed by atoms with Crippen LogP contribution in [-0.4, -0.2) is 9.97 Å². The summed E-state index contributed by atoms with van der Waals surface area (Å²) >= 11 is 0. The molecule has 1 aromatic rings. The van der Waals surface area contributed by atoms with Crippen LogP contribution in [0, 0.1) is 12.3 Å². The maximum absolute atomic E-state index is 11.1. The van der Waals surface area contributed by atoms with E-state index in [0.29, 0.717) is 0 Å². The highest BCUT2D eigenvalue weighted by atomic mass is 16.1. The predicted octanol–water partition coefficient (Wildman–Crippen LogP) is -0.890. The van der Waals surface area contributed by atoms with Crippen molar-refractivity contribution in [3.8, 4) is 12.3 Å². The number of H-pyrrole nitrogens is 1. The molecule has 5 heteroatoms. The Kier molecular flexibility index (Phi) is 2.01. The zero-order chi connectivity index (χ0) is 9.14. The molecule has 0 amide bonds. The SMILES string of the molecule is C#CCc1c(N)nc(N)[nH]c1=O. The van der Waals surface area contributed by atoms with Crippen LogP contribution in [0.15, 0.2) is 4.79 Å². The van der Waals surface area contributed by atoms with Crippen LogP contribution in [0.5, 0.6) is 0 Å². The second kappa shape index (κ2) is 2.96. The summed E-state index contributed by atoms with van der Waals surface area (Å²) in [5.74, 6) is 2.39. The third-order valence-corrected chi connectivity index (χ3v) is 1.34. The van der Waals surface area contributed by atoms with Gasteiger partial charge in [0.25, 0.3) is 5.56 Å². The molecule has 5 N–H and O–H groups in total. The van der Waals surface area contributed by atoms with Crippen molar-refractivity contribution in [3.05, 3.63) is 15.9 Å². The fraction of sp³-hybridized carbons (Fsp3) is 0.143. The smallest absolute Gasteiger partial charge is 0.258 e. The van der Waals surface area contributed by atoms with Crippen molar-refractivity contribution in [2.75, 3.05) is 11.5 Å². The lowest BCUT2D eigenvalue weighted by Gasteiger charge is -1.99. The highest BCUT2D eigenvalue weighted by Crippen LogP contribution is 2.02. The van der Waals surface area contributed by atoms with Crippen molar-refractivity contribution < 1.29 is 0 Å². The third kappa shape index (κ3) is 1.37. The highest BCUT2D eigenvalue weighted by Gasteiger charge is 2.04. The Morgan fingerprint density at radius 1 is 1.58 bits per heavy atom. The van der Waals surface area contributed by atoms with E-state index in [2.05, 4.69) is 15.9 Å². The summed E-state index contributed by atoms with van der Waals surface area (Å²) in [4.78, 5) is 17.1. The van der Waals surface area contributed by atoms with E-state index >= 15 is 0 Å². The lowest BCUT2D eigenvalue weighted by Crippen LogP contribution is -2.18. The minimum absolute atomic E-state index is 0.00160. The standard InChI is InChI=1S/C7H8N4O/c1-2-3-4-5(8)10-7(9)11-6(4)12/h1H,3H2,(H5,8,9,10,11,12). The van der Waals surface area contributed by atoms with Gasteiger partial charge in [-0.15, -0.1) is 12.3 Å². The zero-order valence-electron chi connectivity index (χ0n) is 6.29. The fourth-order valence-corrected chi connectivity index (χ4v) is 0.806. The Labute approximate surface area is 68.8 Å². The van der Waals surface area contributed by atoms with Gasteiger partial charge in [0.05, 0.1) is 5.56 Å². The van der Waals surface area contributed by atoms with Gasteiger partial charge in [0.15, 0.2) is 0 Å². The fourth-order valence-electron chi connectivity index (χ4n) is 0.806. The molecule has 0 saturated carbocycles. The summed E-state index contributed by atoms with van der Waals surface area (Å²) in [6.45, 7) is 0. The van der Waals surface area contributed by atoms with Gasteiger partial charge in [0, 0.05) is 6.42 Å². The van der Waals surface area contributed by atoms with Crippen LogP contribution in [0.1, 0.15) is 5.56 Å². The van der Waals surface area contributed by atoms with E-state index in [1.165, 1.54) is 0 Å². The number of rotatable bonds is 1. The van der Waals surface area contributed by atoms with Gasteiger partial charge in [-0.25, -0.2) is 0 Å². The Balaban J connectivity index is 3.31. The van der Waals surface area contributed by atoms with E-state index in [9.17, 15) is 4.79 Å². The number of hydrogen-bond donors (Lipinski definition) is 3. The van der Waals surface area contributed by atoms with Crippen molar-refractivity contribution in [2.45, 2.75) is 6.42 Å². The van der Waals surface area contributed by atoms with Gasteiger partial charge in [-0.2, -0.15) is 4.98 Å². The summed E-state index contributed by atoms with van der Waals surface area (Å²) in [6.07, 6.45) is 5.18. The molecule has 5 nitrogen and oxygen atoms in total. The van der Waals surface area contributed by atoms with E-state index in [1.807, 2.05) is 0 Å². The largest absolute Gasteiger partial charge is 0.383 e. The second-order valence-corrected chi connectivity index (χ2v) is 2.20. The zero-order valence-corrected chi connectivity index (χ0v) is 6.29. The van der Waals surface area contributed by atoms with Crippen LogP contribution in [0.3, 0.4) is 0 Å². The topological polar surface area (TPSA) is 97.8 Å². The van der Waals surface area contributed by atoms with Gasteiger partial charge in [-0.1, -0.05) is 0 Å². The van der Waals surface area contributed by atoms with Crippen LogP contribution in [-0.2, 0) is 6.42 Å². The molecule has 1 aromatic heterocycles. The first-order valence-electron chi connectivity index (χ1n) is 3.22. The first kappa shape index (κ1) is 8.14. The van der Waals surface area contributed by atoms with Crippen LogP contribution in [0.4, 0.5) is 11.8 Å². The van der Waals surface area contributed by atoms with Crippen molar-refractivity contribution in [1.29, 1.82) is 0 Å². The molecule has 62 valence electrons. The van der Waals surface area contributed by atoms with Crippen molar-refractivity contribution in [1.82, 2.24) is 9.97 Å². The van der Waals surface area contributed by atoms with Crippen molar-refractivity contribution in [3.63, 3.8) is 0 Å². The van der Waals surface area contributed by atoms with Crippen LogP contribution in [0.2, 0.25) is 0 Å². The van der Waals surface area contributed by atoms with E-state index in [1.54, 1.807) is 0 Å². The maximum atomic E-state index is 11.1. The molecule has 0 bridgehead atoms. The van der Waals surface area contributed by atoms with Gasteiger partial charge in [-0.05, 0) is 0 Å². The molecule has 0 spiro atoms. The second-order valence-electron chi connectivity index (χ2n) is 2.20. The summed E-state index contributed by atoms with van der Waals surface area (Å²) < 4.78 is 0. The monoisotopic (exact) mass is 164 g/mol. The molecule has 1 heterocycles. The Bertz CT molecular complexity index is 387. The molecule has 0 unspecified atom stereocenters. The molecule has 0 aromatic carbocycles. The van der Waals surface area contributed by atoms with Gasteiger partial charge < -0.3 is 11.5 Å². The summed E-state index contributed by atoms with van der Waals surface area (Å²) in [6, 6.07) is 0. The summed E-state index contributed by atoms with van der Waals surface area (Å²) in [5.41, 5.74) is 10.5. The Morgan fingerprint density at radius 3 is 2.75 bits per heavy atom. The van der Waals surface area contributed by atoms with E-state index < -0.39 is 0 Å². The number of nitrogens with two attached hydrogens (primary N) is 2. The van der Waals surface area contributed by atoms with Gasteiger partial charge >= 0.3 is 0 Å². The minimum Gasteiger partial charge on any atom is -0.383 e. The molecule has 0 aliphatic carbocycles. The maximum Gasteiger partial charge on any atom is 0.258 e. The first-order chi connectivity index (χ1) is 5.65. The van der Waals surface area contributed by atoms with E-state index in [0.717, 1.165) is 0 Å². The third-order valence-electron chi connectivity index (χ3n) is 1.34. The number of anilines is 2. The van der Waals surface area contributed by atoms with E-state index in [-0.39, 0.29) is 29.3 Å². The number of nitrogens with zero attached hydrogens (tertiary/aromatic N) is 1. The molecule has 0 aliphatic heterocycles.